The molecular weight excluding hydrogens is 657 g/mol. The number of benzene rings is 3. The van der Waals surface area contributed by atoms with E-state index in [1.54, 1.807) is 0 Å². The van der Waals surface area contributed by atoms with E-state index in [-0.39, 0.29) is 52.1 Å². The minimum Gasteiger partial charge on any atom is -0.431 e. The monoisotopic (exact) mass is 681 g/mol. The Morgan fingerprint density at radius 3 is 2.15 bits per heavy atom. The number of nitrogens with zero attached hydrogens (tertiary/aromatic N) is 4. The Morgan fingerprint density at radius 2 is 1.52 bits per heavy atom. The molecule has 0 amide bonds. The number of anilines is 2. The van der Waals surface area contributed by atoms with Gasteiger partial charge in [0.25, 0.3) is 11.4 Å². The number of nitro groups is 2. The van der Waals surface area contributed by atoms with Gasteiger partial charge in [-0.3, -0.25) is 20.2 Å². The molecular formula is C30H24FN5O11S. The van der Waals surface area contributed by atoms with Gasteiger partial charge in [-0.05, 0) is 55.2 Å². The summed E-state index contributed by atoms with van der Waals surface area (Å²) in [7, 11) is -3.47. The Balaban J connectivity index is 1.21. The van der Waals surface area contributed by atoms with Crippen molar-refractivity contribution in [3.8, 4) is 11.5 Å². The number of nitrogens with one attached hydrogen (secondary N) is 1. The fourth-order valence-electron chi connectivity index (χ4n) is 5.58. The molecule has 1 aromatic heterocycles. The summed E-state index contributed by atoms with van der Waals surface area (Å²) in [5, 5.41) is 28.9. The van der Waals surface area contributed by atoms with Crippen LogP contribution in [-0.2, 0) is 26.1 Å². The van der Waals surface area contributed by atoms with Crippen LogP contribution >= 0.6 is 0 Å². The summed E-state index contributed by atoms with van der Waals surface area (Å²) in [6.45, 7) is 0. The van der Waals surface area contributed by atoms with Crippen LogP contribution in [-0.4, -0.2) is 46.4 Å². The number of carbonyl (C=O) groups excluding carboxylic acids is 2. The Kier molecular flexibility index (Phi) is 8.48. The molecule has 4 aromatic rings. The number of non-ortho nitro benzene ring substituents is 2. The zero-order valence-corrected chi connectivity index (χ0v) is 25.4. The molecule has 16 nitrogen and oxygen atoms in total. The van der Waals surface area contributed by atoms with Gasteiger partial charge in [0.2, 0.25) is 0 Å². The van der Waals surface area contributed by atoms with E-state index in [1.165, 1.54) is 54.6 Å². The van der Waals surface area contributed by atoms with Crippen LogP contribution in [0, 0.1) is 26.0 Å². The van der Waals surface area contributed by atoms with Crippen LogP contribution in [0.1, 0.15) is 42.0 Å². The van der Waals surface area contributed by atoms with Gasteiger partial charge in [-0.25, -0.2) is 22.4 Å². The smallest absolute Gasteiger partial charge is 0.431 e. The minimum atomic E-state index is -3.47. The Morgan fingerprint density at radius 1 is 0.896 bits per heavy atom. The summed E-state index contributed by atoms with van der Waals surface area (Å²) in [5.41, 5.74) is 0.276. The molecule has 1 aliphatic heterocycles. The van der Waals surface area contributed by atoms with Gasteiger partial charge in [0, 0.05) is 41.8 Å². The van der Waals surface area contributed by atoms with Crippen LogP contribution in [0.2, 0.25) is 0 Å². The summed E-state index contributed by atoms with van der Waals surface area (Å²) < 4.78 is 56.4. The highest BCUT2D eigenvalue weighted by Crippen LogP contribution is 2.38. The van der Waals surface area contributed by atoms with Gasteiger partial charge in [0.05, 0.1) is 32.7 Å². The molecule has 1 fully saturated rings. The van der Waals surface area contributed by atoms with Crippen molar-refractivity contribution in [2.75, 3.05) is 5.32 Å². The molecule has 2 atom stereocenters. The van der Waals surface area contributed by atoms with E-state index in [0.717, 1.165) is 16.8 Å². The lowest BCUT2D eigenvalue weighted by Gasteiger charge is -2.14. The third kappa shape index (κ3) is 6.92. The maximum atomic E-state index is 15.3. The largest absolute Gasteiger partial charge is 0.514 e. The van der Waals surface area contributed by atoms with Crippen LogP contribution in [0.3, 0.4) is 0 Å². The number of ether oxygens (including phenoxy) is 3. The zero-order valence-electron chi connectivity index (χ0n) is 24.6. The Labute approximate surface area is 270 Å². The standard InChI is InChI=1S/C30H24FN5O11S/c31-28-24-16-48(43,44)15-18(24)2-12-25(28)32-27-14-26(34(33-27)29(37)45-21-8-3-19(4-9-21)35(39)40)17-1-7-23(13-17)47-30(38)46-22-10-5-20(6-11-22)36(41)42/h2-6,8-12,14,17,23H,1,7,13,15-16H2,(H,32,33)/t17-,23+/m0/s1. The second kappa shape index (κ2) is 12.7. The first-order chi connectivity index (χ1) is 22.8. The molecule has 248 valence electrons. The first-order valence-electron chi connectivity index (χ1n) is 14.3. The number of rotatable bonds is 8. The highest BCUT2D eigenvalue weighted by atomic mass is 32.2. The van der Waals surface area contributed by atoms with Gasteiger partial charge in [0.15, 0.2) is 21.5 Å². The van der Waals surface area contributed by atoms with E-state index in [2.05, 4.69) is 10.4 Å². The number of halogens is 1. The average molecular weight is 682 g/mol. The van der Waals surface area contributed by atoms with Gasteiger partial charge in [-0.15, -0.1) is 5.10 Å². The van der Waals surface area contributed by atoms with E-state index in [9.17, 15) is 38.2 Å². The molecule has 18 heteroatoms. The number of hydrogen-bond acceptors (Lipinski definition) is 13. The van der Waals surface area contributed by atoms with Crippen LogP contribution < -0.4 is 14.8 Å². The second-order valence-electron chi connectivity index (χ2n) is 11.1. The fraction of sp³-hybridized carbons (Fsp3) is 0.233. The third-order valence-corrected chi connectivity index (χ3v) is 9.30. The number of sulfone groups is 1. The van der Waals surface area contributed by atoms with Crippen molar-refractivity contribution in [2.45, 2.75) is 42.8 Å². The first-order valence-corrected chi connectivity index (χ1v) is 16.1. The molecule has 48 heavy (non-hydrogen) atoms. The summed E-state index contributed by atoms with van der Waals surface area (Å²) in [6.07, 6.45) is -1.61. The van der Waals surface area contributed by atoms with Gasteiger partial charge in [-0.1, -0.05) is 6.07 Å². The van der Waals surface area contributed by atoms with Crippen LogP contribution in [0.4, 0.5) is 36.9 Å². The second-order valence-corrected chi connectivity index (χ2v) is 13.1. The molecule has 2 aliphatic rings. The number of carbonyl (C=O) groups is 2. The van der Waals surface area contributed by atoms with E-state index >= 15 is 4.39 Å². The molecule has 1 saturated carbocycles. The predicted octanol–water partition coefficient (Wildman–Crippen LogP) is 5.91. The number of aromatic nitrogens is 2. The van der Waals surface area contributed by atoms with Crippen molar-refractivity contribution in [1.82, 2.24) is 9.78 Å². The third-order valence-electron chi connectivity index (χ3n) is 7.82. The van der Waals surface area contributed by atoms with Crippen molar-refractivity contribution in [3.63, 3.8) is 0 Å². The molecule has 6 rings (SSSR count). The molecule has 1 aliphatic carbocycles. The highest BCUT2D eigenvalue weighted by molar-refractivity contribution is 7.90. The molecule has 0 unspecified atom stereocenters. The van der Waals surface area contributed by atoms with Crippen LogP contribution in [0.15, 0.2) is 66.7 Å². The topological polar surface area (TPSA) is 212 Å². The summed E-state index contributed by atoms with van der Waals surface area (Å²) in [5.74, 6) is -1.82. The minimum absolute atomic E-state index is 0.00550. The van der Waals surface area contributed by atoms with Crippen molar-refractivity contribution < 1.29 is 46.5 Å². The molecule has 0 radical (unpaired) electrons. The SMILES string of the molecule is O=C(Oc1ccc([N+](=O)[O-])cc1)O[C@@H]1CC[C@H](c2cc(Nc3ccc4c(c3F)CS(=O)(=O)C4)nn2C(=O)Oc2ccc([N+](=O)[O-])cc2)C1. The number of fused-ring (bicyclic) bond motifs is 1. The van der Waals surface area contributed by atoms with Crippen LogP contribution in [0.25, 0.3) is 0 Å². The van der Waals surface area contributed by atoms with Gasteiger partial charge in [-0.2, -0.15) is 4.68 Å². The van der Waals surface area contributed by atoms with Gasteiger partial charge >= 0.3 is 12.2 Å². The van der Waals surface area contributed by atoms with Crippen molar-refractivity contribution in [3.05, 3.63) is 110 Å². The summed E-state index contributed by atoms with van der Waals surface area (Å²) in [6, 6.07) is 14.0. The maximum Gasteiger partial charge on any atom is 0.514 e. The first kappa shape index (κ1) is 32.0. The highest BCUT2D eigenvalue weighted by Gasteiger charge is 2.34. The molecule has 1 N–H and O–H groups in total. The molecule has 0 saturated heterocycles. The predicted molar refractivity (Wildman–Crippen MR) is 163 cm³/mol. The van der Waals surface area contributed by atoms with E-state index in [4.69, 9.17) is 14.2 Å². The lowest BCUT2D eigenvalue weighted by atomic mass is 10.0. The zero-order chi connectivity index (χ0) is 34.2. The normalized spacial score (nSPS) is 17.7. The Bertz CT molecular complexity index is 2050. The van der Waals surface area contributed by atoms with Crippen molar-refractivity contribution in [1.29, 1.82) is 0 Å². The Hall–Kier alpha value is -5.91. The molecule has 0 spiro atoms. The lowest BCUT2D eigenvalue weighted by Crippen LogP contribution is -2.22. The van der Waals surface area contributed by atoms with E-state index < -0.39 is 55.5 Å². The van der Waals surface area contributed by atoms with Crippen molar-refractivity contribution >= 4 is 45.0 Å². The number of nitro benzene ring substituents is 2. The maximum absolute atomic E-state index is 15.3. The summed E-state index contributed by atoms with van der Waals surface area (Å²) in [4.78, 5) is 46.4. The molecule has 2 heterocycles. The fourth-order valence-corrected chi connectivity index (χ4v) is 7.17. The van der Waals surface area contributed by atoms with E-state index in [1.807, 2.05) is 0 Å². The number of hydrogen-bond donors (Lipinski definition) is 1. The van der Waals surface area contributed by atoms with Crippen molar-refractivity contribution in [2.24, 2.45) is 0 Å². The molecule has 3 aromatic carbocycles. The van der Waals surface area contributed by atoms with E-state index in [0.29, 0.717) is 24.1 Å². The molecule has 0 bridgehead atoms. The summed E-state index contributed by atoms with van der Waals surface area (Å²) >= 11 is 0. The lowest BCUT2D eigenvalue weighted by molar-refractivity contribution is -0.385. The van der Waals surface area contributed by atoms with Gasteiger partial charge in [0.1, 0.15) is 17.6 Å². The van der Waals surface area contributed by atoms with Gasteiger partial charge < -0.3 is 19.5 Å². The van der Waals surface area contributed by atoms with Crippen LogP contribution in [0.5, 0.6) is 11.5 Å². The quantitative estimate of drug-likeness (QED) is 0.0993. The average Bonchev–Trinajstić information content (AvgIpc) is 3.75.